The largest absolute Gasteiger partial charge is 0.490 e. The van der Waals surface area contributed by atoms with E-state index in [1.54, 1.807) is 0 Å². The molecule has 7 aromatic carbocycles. The number of para-hydroxylation sites is 1. The summed E-state index contributed by atoms with van der Waals surface area (Å²) in [4.78, 5) is 0. The second kappa shape index (κ2) is 14.2. The Kier molecular flexibility index (Phi) is 8.83. The third kappa shape index (κ3) is 5.93. The summed E-state index contributed by atoms with van der Waals surface area (Å²) in [5, 5.41) is 2.33. The van der Waals surface area contributed by atoms with Crippen LogP contribution in [0.5, 0.6) is 0 Å². The lowest BCUT2D eigenvalue weighted by molar-refractivity contribution is 0.00578. The topological polar surface area (TPSA) is 23.4 Å². The molecule has 2 heterocycles. The summed E-state index contributed by atoms with van der Waals surface area (Å²) in [6, 6.07) is 63.7. The van der Waals surface area contributed by atoms with Crippen LogP contribution in [0.3, 0.4) is 0 Å². The lowest BCUT2D eigenvalue weighted by Gasteiger charge is -2.32. The molecular weight excluding hydrogens is 705 g/mol. The molecule has 1 saturated heterocycles. The van der Waals surface area contributed by atoms with Gasteiger partial charge in [0.05, 0.1) is 22.4 Å². The first-order chi connectivity index (χ1) is 28.3. The van der Waals surface area contributed by atoms with Crippen LogP contribution >= 0.6 is 0 Å². The van der Waals surface area contributed by atoms with Crippen molar-refractivity contribution >= 4 is 34.5 Å². The Morgan fingerprint density at radius 1 is 0.500 bits per heavy atom. The van der Waals surface area contributed by atoms with Gasteiger partial charge >= 0.3 is 7.12 Å². The van der Waals surface area contributed by atoms with Crippen molar-refractivity contribution < 1.29 is 9.31 Å². The molecule has 1 aliphatic carbocycles. The van der Waals surface area contributed by atoms with Crippen LogP contribution in [0.1, 0.15) is 46.1 Å². The molecule has 58 heavy (non-hydrogen) atoms. The maximum Gasteiger partial charge on any atom is 0.490 e. The number of hydrogen-bond donors (Lipinski definition) is 0. The summed E-state index contributed by atoms with van der Waals surface area (Å²) in [6.45, 7) is 8.50. The number of hydrogen-bond acceptors (Lipinski definition) is 2. The number of aromatic nitrogens is 1. The van der Waals surface area contributed by atoms with Gasteiger partial charge in [-0.25, -0.2) is 0 Å². The molecule has 1 fully saturated rings. The number of allylic oxidation sites excluding steroid dienone is 4. The van der Waals surface area contributed by atoms with E-state index in [4.69, 9.17) is 9.31 Å². The average molecular weight is 750 g/mol. The highest BCUT2D eigenvalue weighted by Crippen LogP contribution is 2.55. The highest BCUT2D eigenvalue weighted by atomic mass is 16.7. The van der Waals surface area contributed by atoms with Crippen LogP contribution in [0.4, 0.5) is 0 Å². The zero-order chi connectivity index (χ0) is 39.4. The standard InChI is InChI=1S/C54H44BNO2/c1-53(2)54(3,4)58-55(57-53)42-35-33-41(34-36-42)51-49(39-25-13-7-14-26-39)47(37-21-9-5-10-22-37)48(38-23-11-6-12-24-38)50(40-27-15-8-16-28-40)52(51)56-45-31-19-17-29-43(45)44-30-18-20-32-46(44)56/h5-19,21-31,33,35H,34,36H2,1-4H3. The van der Waals surface area contributed by atoms with Crippen LogP contribution in [0.2, 0.25) is 0 Å². The van der Waals surface area contributed by atoms with Gasteiger partial charge < -0.3 is 13.9 Å². The van der Waals surface area contributed by atoms with Crippen molar-refractivity contribution in [1.82, 2.24) is 4.57 Å². The van der Waals surface area contributed by atoms with E-state index in [2.05, 4.69) is 208 Å². The average Bonchev–Trinajstić information content (AvgIpc) is 3.72. The summed E-state index contributed by atoms with van der Waals surface area (Å²) in [6.07, 6.45) is 6.22. The maximum absolute atomic E-state index is 6.60. The van der Waals surface area contributed by atoms with Crippen molar-refractivity contribution in [3.8, 4) is 50.2 Å². The van der Waals surface area contributed by atoms with Crippen LogP contribution in [0.15, 0.2) is 175 Å². The van der Waals surface area contributed by atoms with Gasteiger partial charge in [-0.1, -0.05) is 158 Å². The normalized spacial score (nSPS) is 16.0. The van der Waals surface area contributed by atoms with Crippen molar-refractivity contribution in [2.75, 3.05) is 0 Å². The number of fused-ring (bicyclic) bond motifs is 3. The summed E-state index contributed by atoms with van der Waals surface area (Å²) in [7, 11) is -0.390. The van der Waals surface area contributed by atoms with Gasteiger partial charge in [-0.3, -0.25) is 0 Å². The smallest absolute Gasteiger partial charge is 0.400 e. The molecule has 8 aromatic rings. The molecule has 280 valence electrons. The molecule has 0 bridgehead atoms. The predicted octanol–water partition coefficient (Wildman–Crippen LogP) is 13.8. The Morgan fingerprint density at radius 2 is 0.983 bits per heavy atom. The van der Waals surface area contributed by atoms with E-state index >= 15 is 0 Å². The minimum Gasteiger partial charge on any atom is -0.400 e. The third-order valence-corrected chi connectivity index (χ3v) is 12.4. The van der Waals surface area contributed by atoms with Crippen LogP contribution < -0.4 is 0 Å². The number of nitrogens with zero attached hydrogens (tertiary/aromatic N) is 1. The molecule has 0 atom stereocenters. The fourth-order valence-electron chi connectivity index (χ4n) is 8.92. The Hall–Kier alpha value is -6.38. The van der Waals surface area contributed by atoms with Crippen LogP contribution in [-0.4, -0.2) is 22.9 Å². The van der Waals surface area contributed by atoms with E-state index in [-0.39, 0.29) is 0 Å². The molecule has 0 spiro atoms. The fourth-order valence-corrected chi connectivity index (χ4v) is 8.92. The van der Waals surface area contributed by atoms with E-state index in [0.29, 0.717) is 0 Å². The zero-order valence-corrected chi connectivity index (χ0v) is 33.4. The molecule has 1 aliphatic heterocycles. The maximum atomic E-state index is 6.60. The second-order valence-electron chi connectivity index (χ2n) is 16.4. The molecule has 0 radical (unpaired) electrons. The Labute approximate surface area is 342 Å². The summed E-state index contributed by atoms with van der Waals surface area (Å²) in [5.74, 6) is 0. The zero-order valence-electron chi connectivity index (χ0n) is 33.4. The lowest BCUT2D eigenvalue weighted by atomic mass is 9.71. The minimum absolute atomic E-state index is 0.390. The van der Waals surface area contributed by atoms with Gasteiger partial charge in [-0.05, 0) is 109 Å². The number of benzene rings is 6. The van der Waals surface area contributed by atoms with Crippen molar-refractivity contribution in [1.29, 1.82) is 0 Å². The minimum atomic E-state index is -0.414. The molecule has 0 N–H and O–H groups in total. The van der Waals surface area contributed by atoms with Gasteiger partial charge in [0.15, 0.2) is 0 Å². The monoisotopic (exact) mass is 749 g/mol. The van der Waals surface area contributed by atoms with Crippen molar-refractivity contribution in [2.45, 2.75) is 51.7 Å². The van der Waals surface area contributed by atoms with Gasteiger partial charge in [0.25, 0.3) is 0 Å². The van der Waals surface area contributed by atoms with E-state index < -0.39 is 18.3 Å². The van der Waals surface area contributed by atoms with Gasteiger partial charge in [0, 0.05) is 27.5 Å². The molecular formula is C54H44BNO2. The summed E-state index contributed by atoms with van der Waals surface area (Å²) < 4.78 is 15.7. The van der Waals surface area contributed by atoms with E-state index in [9.17, 15) is 0 Å². The third-order valence-electron chi connectivity index (χ3n) is 12.4. The SMILES string of the molecule is CC1(C)OB(C2=CC=C(c3c(-c4ccccc4)c(-c4ccccc4)c(-c4ccccc4)c(-c4ccccc4)c3-n3c4c#cccc4c4ccccc43)CC2)OC1(C)C. The molecule has 2 aliphatic rings. The van der Waals surface area contributed by atoms with Crippen molar-refractivity contribution in [3.05, 3.63) is 193 Å². The van der Waals surface area contributed by atoms with E-state index in [0.717, 1.165) is 62.7 Å². The second-order valence-corrected chi connectivity index (χ2v) is 16.4. The summed E-state index contributed by atoms with van der Waals surface area (Å²) in [5.41, 5.74) is 15.4. The lowest BCUT2D eigenvalue weighted by Crippen LogP contribution is -2.41. The molecule has 1 aromatic heterocycles. The first kappa shape index (κ1) is 36.0. The fraction of sp³-hybridized carbons (Fsp3) is 0.148. The Morgan fingerprint density at radius 3 is 1.52 bits per heavy atom. The molecule has 0 amide bonds. The highest BCUT2D eigenvalue weighted by molar-refractivity contribution is 6.54. The highest BCUT2D eigenvalue weighted by Gasteiger charge is 2.52. The molecule has 0 unspecified atom stereocenters. The van der Waals surface area contributed by atoms with Gasteiger partial charge in [-0.15, -0.1) is 0 Å². The Balaban J connectivity index is 1.42. The molecule has 10 rings (SSSR count). The molecule has 4 heteroatoms. The van der Waals surface area contributed by atoms with E-state index in [1.165, 1.54) is 38.8 Å². The quantitative estimate of drug-likeness (QED) is 0.152. The van der Waals surface area contributed by atoms with E-state index in [1.807, 2.05) is 6.07 Å². The molecule has 0 saturated carbocycles. The van der Waals surface area contributed by atoms with Crippen molar-refractivity contribution in [2.24, 2.45) is 0 Å². The predicted molar refractivity (Wildman–Crippen MR) is 242 cm³/mol. The van der Waals surface area contributed by atoms with Crippen molar-refractivity contribution in [3.63, 3.8) is 0 Å². The van der Waals surface area contributed by atoms with Gasteiger partial charge in [0.1, 0.15) is 5.52 Å². The van der Waals surface area contributed by atoms with Gasteiger partial charge in [0.2, 0.25) is 0 Å². The van der Waals surface area contributed by atoms with Crippen LogP contribution in [0, 0.1) is 12.1 Å². The van der Waals surface area contributed by atoms with Gasteiger partial charge in [-0.2, -0.15) is 0 Å². The summed E-state index contributed by atoms with van der Waals surface area (Å²) >= 11 is 0. The van der Waals surface area contributed by atoms with Crippen LogP contribution in [-0.2, 0) is 9.31 Å². The first-order valence-corrected chi connectivity index (χ1v) is 20.3. The van der Waals surface area contributed by atoms with Crippen LogP contribution in [0.25, 0.3) is 77.6 Å². The first-order valence-electron chi connectivity index (χ1n) is 20.3. The Bertz CT molecular complexity index is 2800. The molecule has 3 nitrogen and oxygen atoms in total. The number of rotatable bonds is 7.